The molecule has 1 aromatic heterocycles. The summed E-state index contributed by atoms with van der Waals surface area (Å²) in [5, 5.41) is 3.93. The highest BCUT2D eigenvalue weighted by Gasteiger charge is 2.26. The van der Waals surface area contributed by atoms with Crippen molar-refractivity contribution < 1.29 is 9.32 Å². The number of carbonyl (C=O) groups is 1. The molecule has 1 atom stereocenters. The van der Waals surface area contributed by atoms with Crippen LogP contribution in [0.25, 0.3) is 0 Å². The van der Waals surface area contributed by atoms with E-state index >= 15 is 0 Å². The van der Waals surface area contributed by atoms with E-state index in [1.165, 1.54) is 5.56 Å². The lowest BCUT2D eigenvalue weighted by molar-refractivity contribution is -0.130. The Morgan fingerprint density at radius 3 is 2.87 bits per heavy atom. The highest BCUT2D eigenvalue weighted by Crippen LogP contribution is 2.22. The lowest BCUT2D eigenvalue weighted by atomic mass is 10.0. The van der Waals surface area contributed by atoms with E-state index in [2.05, 4.69) is 22.3 Å². The van der Waals surface area contributed by atoms with Gasteiger partial charge in [-0.15, -0.1) is 0 Å². The molecule has 0 aliphatic carbocycles. The minimum absolute atomic E-state index is 0.270. The van der Waals surface area contributed by atoms with Crippen LogP contribution in [0.15, 0.2) is 34.9 Å². The minimum Gasteiger partial charge on any atom is -0.342 e. The highest BCUT2D eigenvalue weighted by molar-refractivity contribution is 5.76. The van der Waals surface area contributed by atoms with Crippen molar-refractivity contribution >= 4 is 5.91 Å². The van der Waals surface area contributed by atoms with Crippen LogP contribution in [-0.2, 0) is 17.6 Å². The van der Waals surface area contributed by atoms with Gasteiger partial charge in [-0.05, 0) is 30.7 Å². The zero-order valence-electron chi connectivity index (χ0n) is 13.6. The fraction of sp³-hybridized carbons (Fsp3) is 0.500. The number of benzene rings is 1. The van der Waals surface area contributed by atoms with Crippen molar-refractivity contribution in [3.63, 3.8) is 0 Å². The molecule has 0 bridgehead atoms. The molecule has 2 heterocycles. The standard InChI is InChI=1S/C18H23N3O2/c1-14-19-17(20-23-14)9-7-16-11-12-21(13-16)18(22)10-8-15-5-3-2-4-6-15/h2-6,16H,7-13H2,1H3. The molecule has 1 aliphatic rings. The Morgan fingerprint density at radius 1 is 1.30 bits per heavy atom. The van der Waals surface area contributed by atoms with Gasteiger partial charge in [0.1, 0.15) is 0 Å². The summed E-state index contributed by atoms with van der Waals surface area (Å²) in [5.41, 5.74) is 1.23. The average Bonchev–Trinajstić information content (AvgIpc) is 3.20. The van der Waals surface area contributed by atoms with Crippen LogP contribution in [0.3, 0.4) is 0 Å². The lowest BCUT2D eigenvalue weighted by Gasteiger charge is -2.16. The zero-order valence-corrected chi connectivity index (χ0v) is 13.6. The summed E-state index contributed by atoms with van der Waals surface area (Å²) in [5.74, 6) is 2.21. The molecule has 1 aromatic carbocycles. The lowest BCUT2D eigenvalue weighted by Crippen LogP contribution is -2.28. The first-order valence-corrected chi connectivity index (χ1v) is 8.31. The maximum absolute atomic E-state index is 12.3. The topological polar surface area (TPSA) is 59.2 Å². The fourth-order valence-electron chi connectivity index (χ4n) is 3.12. The number of hydrogen-bond donors (Lipinski definition) is 0. The maximum Gasteiger partial charge on any atom is 0.223 e. The van der Waals surface area contributed by atoms with Crippen LogP contribution >= 0.6 is 0 Å². The normalized spacial score (nSPS) is 17.6. The molecule has 0 saturated carbocycles. The first-order valence-electron chi connectivity index (χ1n) is 8.31. The molecule has 122 valence electrons. The van der Waals surface area contributed by atoms with Gasteiger partial charge in [-0.3, -0.25) is 4.79 Å². The zero-order chi connectivity index (χ0) is 16.1. The van der Waals surface area contributed by atoms with E-state index < -0.39 is 0 Å². The summed E-state index contributed by atoms with van der Waals surface area (Å²) in [6.07, 6.45) is 4.34. The molecule has 0 N–H and O–H groups in total. The van der Waals surface area contributed by atoms with Gasteiger partial charge in [0.25, 0.3) is 0 Å². The Hall–Kier alpha value is -2.17. The number of amides is 1. The van der Waals surface area contributed by atoms with E-state index in [0.29, 0.717) is 18.2 Å². The number of aryl methyl sites for hydroxylation is 3. The van der Waals surface area contributed by atoms with E-state index in [-0.39, 0.29) is 5.91 Å². The van der Waals surface area contributed by atoms with E-state index in [0.717, 1.165) is 44.6 Å². The summed E-state index contributed by atoms with van der Waals surface area (Å²) in [6, 6.07) is 10.2. The van der Waals surface area contributed by atoms with Crippen LogP contribution < -0.4 is 0 Å². The van der Waals surface area contributed by atoms with Crippen molar-refractivity contribution in [2.75, 3.05) is 13.1 Å². The molecule has 1 aliphatic heterocycles. The summed E-state index contributed by atoms with van der Waals surface area (Å²) in [7, 11) is 0. The number of carbonyl (C=O) groups excluding carboxylic acids is 1. The van der Waals surface area contributed by atoms with E-state index in [9.17, 15) is 4.79 Å². The number of likely N-dealkylation sites (tertiary alicyclic amines) is 1. The number of nitrogens with zero attached hydrogens (tertiary/aromatic N) is 3. The van der Waals surface area contributed by atoms with Crippen LogP contribution in [0.2, 0.25) is 0 Å². The van der Waals surface area contributed by atoms with Crippen molar-refractivity contribution in [1.29, 1.82) is 0 Å². The monoisotopic (exact) mass is 313 g/mol. The molecule has 0 spiro atoms. The third-order valence-electron chi connectivity index (χ3n) is 4.45. The van der Waals surface area contributed by atoms with Crippen molar-refractivity contribution in [3.8, 4) is 0 Å². The molecule has 1 amide bonds. The summed E-state index contributed by atoms with van der Waals surface area (Å²) >= 11 is 0. The second-order valence-electron chi connectivity index (χ2n) is 6.25. The Labute approximate surface area is 136 Å². The van der Waals surface area contributed by atoms with Gasteiger partial charge in [0, 0.05) is 32.9 Å². The predicted octanol–water partition coefficient (Wildman–Crippen LogP) is 2.79. The van der Waals surface area contributed by atoms with Crippen LogP contribution in [-0.4, -0.2) is 34.0 Å². The van der Waals surface area contributed by atoms with E-state index in [1.807, 2.05) is 23.1 Å². The summed E-state index contributed by atoms with van der Waals surface area (Å²) < 4.78 is 4.99. The second-order valence-corrected chi connectivity index (χ2v) is 6.25. The highest BCUT2D eigenvalue weighted by atomic mass is 16.5. The summed E-state index contributed by atoms with van der Waals surface area (Å²) in [4.78, 5) is 18.6. The molecule has 23 heavy (non-hydrogen) atoms. The second kappa shape index (κ2) is 7.40. The van der Waals surface area contributed by atoms with Gasteiger partial charge in [0.05, 0.1) is 0 Å². The Morgan fingerprint density at radius 2 is 2.13 bits per heavy atom. The number of aromatic nitrogens is 2. The Balaban J connectivity index is 1.41. The Bertz CT molecular complexity index is 639. The average molecular weight is 313 g/mol. The van der Waals surface area contributed by atoms with Crippen molar-refractivity contribution in [2.24, 2.45) is 5.92 Å². The molecule has 2 aromatic rings. The van der Waals surface area contributed by atoms with Gasteiger partial charge in [0.15, 0.2) is 5.82 Å². The molecule has 0 radical (unpaired) electrons. The largest absolute Gasteiger partial charge is 0.342 e. The first kappa shape index (κ1) is 15.7. The third-order valence-corrected chi connectivity index (χ3v) is 4.45. The van der Waals surface area contributed by atoms with Crippen LogP contribution in [0, 0.1) is 12.8 Å². The SMILES string of the molecule is Cc1nc(CCC2CCN(C(=O)CCc3ccccc3)C2)no1. The van der Waals surface area contributed by atoms with Crippen LogP contribution in [0.5, 0.6) is 0 Å². The van der Waals surface area contributed by atoms with Crippen molar-refractivity contribution in [1.82, 2.24) is 15.0 Å². The summed E-state index contributed by atoms with van der Waals surface area (Å²) in [6.45, 7) is 3.55. The predicted molar refractivity (Wildman–Crippen MR) is 86.8 cm³/mol. The molecule has 5 heteroatoms. The van der Waals surface area contributed by atoms with Crippen LogP contribution in [0.4, 0.5) is 0 Å². The van der Waals surface area contributed by atoms with Crippen molar-refractivity contribution in [2.45, 2.75) is 39.0 Å². The molecule has 1 fully saturated rings. The Kier molecular flexibility index (Phi) is 5.05. The van der Waals surface area contributed by atoms with Crippen molar-refractivity contribution in [3.05, 3.63) is 47.6 Å². The van der Waals surface area contributed by atoms with E-state index in [4.69, 9.17) is 4.52 Å². The van der Waals surface area contributed by atoms with Gasteiger partial charge in [0.2, 0.25) is 11.8 Å². The van der Waals surface area contributed by atoms with Gasteiger partial charge < -0.3 is 9.42 Å². The number of rotatable bonds is 6. The molecule has 3 rings (SSSR count). The van der Waals surface area contributed by atoms with Crippen LogP contribution in [0.1, 0.15) is 36.5 Å². The molecular formula is C18H23N3O2. The quantitative estimate of drug-likeness (QED) is 0.823. The van der Waals surface area contributed by atoms with E-state index in [1.54, 1.807) is 6.92 Å². The molecular weight excluding hydrogens is 290 g/mol. The fourth-order valence-corrected chi connectivity index (χ4v) is 3.12. The van der Waals surface area contributed by atoms with Gasteiger partial charge in [-0.2, -0.15) is 4.98 Å². The molecule has 5 nitrogen and oxygen atoms in total. The van der Waals surface area contributed by atoms with Gasteiger partial charge in [-0.1, -0.05) is 35.5 Å². The molecule has 1 unspecified atom stereocenters. The number of hydrogen-bond acceptors (Lipinski definition) is 4. The molecule has 1 saturated heterocycles. The first-order chi connectivity index (χ1) is 11.2. The third kappa shape index (κ3) is 4.41. The minimum atomic E-state index is 0.270. The smallest absolute Gasteiger partial charge is 0.223 e. The van der Waals surface area contributed by atoms with Gasteiger partial charge >= 0.3 is 0 Å². The maximum atomic E-state index is 12.3. The van der Waals surface area contributed by atoms with Gasteiger partial charge in [-0.25, -0.2) is 0 Å².